The monoisotopic (exact) mass is 291 g/mol. The third-order valence-corrected chi connectivity index (χ3v) is 4.12. The van der Waals surface area contributed by atoms with E-state index in [1.807, 2.05) is 25.1 Å². The maximum absolute atomic E-state index is 12.3. The minimum atomic E-state index is -0.718. The summed E-state index contributed by atoms with van der Waals surface area (Å²) in [6.45, 7) is 5.13. The number of carbonyl (C=O) groups is 1. The summed E-state index contributed by atoms with van der Waals surface area (Å²) in [6, 6.07) is 7.97. The van der Waals surface area contributed by atoms with Crippen molar-refractivity contribution in [3.8, 4) is 5.75 Å². The molecule has 0 amide bonds. The van der Waals surface area contributed by atoms with E-state index in [4.69, 9.17) is 9.47 Å². The molecule has 4 nitrogen and oxygen atoms in total. The molecule has 0 radical (unpaired) electrons. The number of esters is 1. The predicted octanol–water partition coefficient (Wildman–Crippen LogP) is 2.56. The van der Waals surface area contributed by atoms with E-state index in [1.165, 1.54) is 7.11 Å². The van der Waals surface area contributed by atoms with Crippen molar-refractivity contribution in [1.82, 2.24) is 5.32 Å². The average Bonchev–Trinajstić information content (AvgIpc) is 3.36. The lowest BCUT2D eigenvalue weighted by atomic mass is 9.94. The molecule has 0 aliphatic heterocycles. The van der Waals surface area contributed by atoms with E-state index < -0.39 is 5.54 Å². The molecule has 1 aliphatic carbocycles. The molecule has 1 aromatic rings. The first-order chi connectivity index (χ1) is 10.2. The molecular weight excluding hydrogens is 266 g/mol. The molecule has 1 atom stereocenters. The average molecular weight is 291 g/mol. The second-order valence-electron chi connectivity index (χ2n) is 5.52. The van der Waals surface area contributed by atoms with Crippen LogP contribution in [0, 0.1) is 5.92 Å². The molecule has 1 N–H and O–H groups in total. The fourth-order valence-corrected chi connectivity index (χ4v) is 2.81. The van der Waals surface area contributed by atoms with Crippen molar-refractivity contribution in [2.24, 2.45) is 5.92 Å². The van der Waals surface area contributed by atoms with Crippen molar-refractivity contribution in [1.29, 1.82) is 0 Å². The number of nitrogens with one attached hydrogen (secondary N) is 1. The standard InChI is InChI=1S/C17H25NO3/c1-4-13-8-6-7-9-15(13)21-12-17(18-5-2,14-10-11-14)16(19)20-3/h6-9,14,18H,4-5,10-12H2,1-3H3. The van der Waals surface area contributed by atoms with Crippen molar-refractivity contribution < 1.29 is 14.3 Å². The van der Waals surface area contributed by atoms with Gasteiger partial charge in [-0.15, -0.1) is 0 Å². The molecule has 1 aromatic carbocycles. The second kappa shape index (κ2) is 6.94. The lowest BCUT2D eigenvalue weighted by Crippen LogP contribution is -2.58. The van der Waals surface area contributed by atoms with Gasteiger partial charge in [-0.05, 0) is 43.4 Å². The van der Waals surface area contributed by atoms with E-state index >= 15 is 0 Å². The van der Waals surface area contributed by atoms with Gasteiger partial charge in [0.25, 0.3) is 0 Å². The van der Waals surface area contributed by atoms with Crippen LogP contribution in [-0.4, -0.2) is 31.8 Å². The second-order valence-corrected chi connectivity index (χ2v) is 5.52. The first-order valence-electron chi connectivity index (χ1n) is 7.72. The predicted molar refractivity (Wildman–Crippen MR) is 82.5 cm³/mol. The van der Waals surface area contributed by atoms with Crippen molar-refractivity contribution in [2.45, 2.75) is 38.6 Å². The summed E-state index contributed by atoms with van der Waals surface area (Å²) >= 11 is 0. The number of carbonyl (C=O) groups excluding carboxylic acids is 1. The third kappa shape index (κ3) is 3.38. The summed E-state index contributed by atoms with van der Waals surface area (Å²) in [5.74, 6) is 0.936. The molecule has 4 heteroatoms. The van der Waals surface area contributed by atoms with Crippen LogP contribution < -0.4 is 10.1 Å². The molecule has 1 saturated carbocycles. The van der Waals surface area contributed by atoms with Crippen LogP contribution in [0.2, 0.25) is 0 Å². The van der Waals surface area contributed by atoms with Gasteiger partial charge in [0.2, 0.25) is 0 Å². The lowest BCUT2D eigenvalue weighted by molar-refractivity contribution is -0.151. The van der Waals surface area contributed by atoms with Crippen LogP contribution in [0.4, 0.5) is 0 Å². The molecule has 116 valence electrons. The number of hydrogen-bond donors (Lipinski definition) is 1. The molecule has 1 aliphatic rings. The molecule has 0 saturated heterocycles. The van der Waals surface area contributed by atoms with Crippen LogP contribution in [-0.2, 0) is 16.0 Å². The molecule has 0 bridgehead atoms. The Morgan fingerprint density at radius 3 is 2.62 bits per heavy atom. The third-order valence-electron chi connectivity index (χ3n) is 4.12. The first kappa shape index (κ1) is 15.8. The number of aryl methyl sites for hydroxylation is 1. The Labute approximate surface area is 126 Å². The number of methoxy groups -OCH3 is 1. The van der Waals surface area contributed by atoms with Crippen molar-refractivity contribution in [3.63, 3.8) is 0 Å². The Kier molecular flexibility index (Phi) is 5.23. The van der Waals surface area contributed by atoms with Gasteiger partial charge in [-0.25, -0.2) is 4.79 Å². The van der Waals surface area contributed by atoms with E-state index in [1.54, 1.807) is 0 Å². The van der Waals surface area contributed by atoms with Crippen LogP contribution >= 0.6 is 0 Å². The largest absolute Gasteiger partial charge is 0.491 e. The summed E-state index contributed by atoms with van der Waals surface area (Å²) in [6.07, 6.45) is 2.99. The van der Waals surface area contributed by atoms with Gasteiger partial charge in [0, 0.05) is 0 Å². The van der Waals surface area contributed by atoms with Crippen LogP contribution in [0.3, 0.4) is 0 Å². The molecule has 1 fully saturated rings. The summed E-state index contributed by atoms with van der Waals surface area (Å²) in [5, 5.41) is 3.32. The maximum Gasteiger partial charge on any atom is 0.329 e. The first-order valence-corrected chi connectivity index (χ1v) is 7.72. The van der Waals surface area contributed by atoms with E-state index in [0.717, 1.165) is 30.6 Å². The van der Waals surface area contributed by atoms with Gasteiger partial charge >= 0.3 is 5.97 Å². The topological polar surface area (TPSA) is 47.6 Å². The highest BCUT2D eigenvalue weighted by Crippen LogP contribution is 2.41. The molecule has 0 heterocycles. The minimum absolute atomic E-state index is 0.221. The zero-order valence-electron chi connectivity index (χ0n) is 13.1. The molecule has 21 heavy (non-hydrogen) atoms. The molecule has 0 spiro atoms. The van der Waals surface area contributed by atoms with Gasteiger partial charge in [-0.1, -0.05) is 32.0 Å². The highest BCUT2D eigenvalue weighted by molar-refractivity contribution is 5.82. The van der Waals surface area contributed by atoms with Crippen molar-refractivity contribution in [3.05, 3.63) is 29.8 Å². The fourth-order valence-electron chi connectivity index (χ4n) is 2.81. The van der Waals surface area contributed by atoms with Crippen molar-refractivity contribution >= 4 is 5.97 Å². The van der Waals surface area contributed by atoms with E-state index in [9.17, 15) is 4.79 Å². The molecule has 2 rings (SSSR count). The Morgan fingerprint density at radius 2 is 2.05 bits per heavy atom. The van der Waals surface area contributed by atoms with E-state index in [-0.39, 0.29) is 5.97 Å². The molecular formula is C17H25NO3. The summed E-state index contributed by atoms with van der Waals surface area (Å²) < 4.78 is 11.0. The van der Waals surface area contributed by atoms with Crippen LogP contribution in [0.1, 0.15) is 32.3 Å². The van der Waals surface area contributed by atoms with E-state index in [2.05, 4.69) is 18.3 Å². The number of benzene rings is 1. The van der Waals surface area contributed by atoms with E-state index in [0.29, 0.717) is 19.1 Å². The fraction of sp³-hybridized carbons (Fsp3) is 0.588. The SMILES string of the molecule is CCNC(COc1ccccc1CC)(C(=O)OC)C1CC1. The summed E-state index contributed by atoms with van der Waals surface area (Å²) in [7, 11) is 1.44. The summed E-state index contributed by atoms with van der Waals surface area (Å²) in [5.41, 5.74) is 0.438. The van der Waals surface area contributed by atoms with Crippen LogP contribution in [0.5, 0.6) is 5.75 Å². The number of hydrogen-bond acceptors (Lipinski definition) is 4. The Bertz CT molecular complexity index is 485. The Balaban J connectivity index is 2.17. The summed E-state index contributed by atoms with van der Waals surface area (Å²) in [4.78, 5) is 12.3. The molecule has 0 aromatic heterocycles. The van der Waals surface area contributed by atoms with Crippen LogP contribution in [0.15, 0.2) is 24.3 Å². The quantitative estimate of drug-likeness (QED) is 0.748. The van der Waals surface area contributed by atoms with Gasteiger partial charge in [0.15, 0.2) is 5.54 Å². The highest BCUT2D eigenvalue weighted by Gasteiger charge is 2.52. The smallest absolute Gasteiger partial charge is 0.329 e. The van der Waals surface area contributed by atoms with Gasteiger partial charge in [0.1, 0.15) is 12.4 Å². The van der Waals surface area contributed by atoms with Gasteiger partial charge < -0.3 is 9.47 Å². The maximum atomic E-state index is 12.3. The number of ether oxygens (including phenoxy) is 2. The van der Waals surface area contributed by atoms with Gasteiger partial charge in [0.05, 0.1) is 7.11 Å². The van der Waals surface area contributed by atoms with Gasteiger partial charge in [-0.3, -0.25) is 5.32 Å². The molecule has 1 unspecified atom stereocenters. The highest BCUT2D eigenvalue weighted by atomic mass is 16.5. The van der Waals surface area contributed by atoms with Crippen molar-refractivity contribution in [2.75, 3.05) is 20.3 Å². The minimum Gasteiger partial charge on any atom is -0.491 e. The normalized spacial score (nSPS) is 17.1. The number of rotatable bonds is 8. The Hall–Kier alpha value is -1.55. The van der Waals surface area contributed by atoms with Gasteiger partial charge in [-0.2, -0.15) is 0 Å². The zero-order valence-corrected chi connectivity index (χ0v) is 13.1. The van der Waals surface area contributed by atoms with Crippen LogP contribution in [0.25, 0.3) is 0 Å². The zero-order chi connectivity index (χ0) is 15.3. The lowest BCUT2D eigenvalue weighted by Gasteiger charge is -2.32. The number of likely N-dealkylation sites (N-methyl/N-ethyl adjacent to an activating group) is 1. The number of para-hydroxylation sites is 1. The Morgan fingerprint density at radius 1 is 1.33 bits per heavy atom.